The average Bonchev–Trinajstić information content (AvgIpc) is 3.10. The first-order valence-electron chi connectivity index (χ1n) is 5.93. The lowest BCUT2D eigenvalue weighted by Crippen LogP contribution is -2.36. The number of rotatable bonds is 5. The molecule has 0 radical (unpaired) electrons. The lowest BCUT2D eigenvalue weighted by atomic mass is 10.1. The van der Waals surface area contributed by atoms with Crippen LogP contribution in [0.5, 0.6) is 0 Å². The van der Waals surface area contributed by atoms with Crippen LogP contribution in [-0.4, -0.2) is 18.5 Å². The van der Waals surface area contributed by atoms with Gasteiger partial charge in [0.2, 0.25) is 5.91 Å². The van der Waals surface area contributed by atoms with Gasteiger partial charge in [-0.2, -0.15) is 0 Å². The van der Waals surface area contributed by atoms with Crippen molar-refractivity contribution in [2.45, 2.75) is 31.8 Å². The Morgan fingerprint density at radius 2 is 2.29 bits per heavy atom. The Kier molecular flexibility index (Phi) is 4.18. The third-order valence-corrected chi connectivity index (χ3v) is 3.35. The highest BCUT2D eigenvalue weighted by Crippen LogP contribution is 2.19. The van der Waals surface area contributed by atoms with Crippen molar-refractivity contribution in [1.29, 1.82) is 0 Å². The van der Waals surface area contributed by atoms with Gasteiger partial charge < -0.3 is 10.6 Å². The molecule has 1 aliphatic rings. The standard InChI is InChI=1S/C13H17BrN2O/c1-9(10-3-2-4-11(14)7-10)16-13(17)8-15-12-5-6-12/h2-4,7,9,12,15H,5-6,8H2,1H3,(H,16,17)/t9-/m1/s1. The number of carbonyl (C=O) groups excluding carboxylic acids is 1. The molecule has 1 aromatic carbocycles. The fourth-order valence-electron chi connectivity index (χ4n) is 1.68. The molecule has 2 rings (SSSR count). The van der Waals surface area contributed by atoms with E-state index in [1.165, 1.54) is 12.8 Å². The molecular formula is C13H17BrN2O. The van der Waals surface area contributed by atoms with Crippen LogP contribution in [0.1, 0.15) is 31.4 Å². The van der Waals surface area contributed by atoms with Crippen molar-refractivity contribution in [3.63, 3.8) is 0 Å². The SMILES string of the molecule is C[C@@H](NC(=O)CNC1CC1)c1cccc(Br)c1. The van der Waals surface area contributed by atoms with Gasteiger partial charge in [0.05, 0.1) is 12.6 Å². The largest absolute Gasteiger partial charge is 0.348 e. The molecule has 17 heavy (non-hydrogen) atoms. The number of amides is 1. The summed E-state index contributed by atoms with van der Waals surface area (Å²) in [6.45, 7) is 2.42. The van der Waals surface area contributed by atoms with Gasteiger partial charge in [0.15, 0.2) is 0 Å². The Hall–Kier alpha value is -0.870. The third kappa shape index (κ3) is 4.13. The minimum atomic E-state index is 0.0426. The van der Waals surface area contributed by atoms with E-state index in [0.29, 0.717) is 12.6 Å². The van der Waals surface area contributed by atoms with Crippen molar-refractivity contribution in [3.8, 4) is 0 Å². The van der Waals surface area contributed by atoms with Gasteiger partial charge in [-0.15, -0.1) is 0 Å². The summed E-state index contributed by atoms with van der Waals surface area (Å²) < 4.78 is 1.03. The van der Waals surface area contributed by atoms with Crippen LogP contribution in [0.4, 0.5) is 0 Å². The predicted molar refractivity (Wildman–Crippen MR) is 71.7 cm³/mol. The Bertz CT molecular complexity index is 404. The van der Waals surface area contributed by atoms with Gasteiger partial charge in [-0.3, -0.25) is 4.79 Å². The van der Waals surface area contributed by atoms with Crippen LogP contribution in [0.3, 0.4) is 0 Å². The van der Waals surface area contributed by atoms with E-state index in [-0.39, 0.29) is 11.9 Å². The maximum absolute atomic E-state index is 11.7. The number of nitrogens with one attached hydrogen (secondary N) is 2. The van der Waals surface area contributed by atoms with Gasteiger partial charge in [0, 0.05) is 10.5 Å². The molecule has 0 bridgehead atoms. The lowest BCUT2D eigenvalue weighted by molar-refractivity contribution is -0.120. The second-order valence-electron chi connectivity index (χ2n) is 4.50. The van der Waals surface area contributed by atoms with E-state index in [2.05, 4.69) is 26.6 Å². The van der Waals surface area contributed by atoms with E-state index in [9.17, 15) is 4.79 Å². The van der Waals surface area contributed by atoms with E-state index >= 15 is 0 Å². The molecule has 2 N–H and O–H groups in total. The first kappa shape index (κ1) is 12.6. The fraction of sp³-hybridized carbons (Fsp3) is 0.462. The highest BCUT2D eigenvalue weighted by molar-refractivity contribution is 9.10. The third-order valence-electron chi connectivity index (χ3n) is 2.85. The van der Waals surface area contributed by atoms with Crippen LogP contribution < -0.4 is 10.6 Å². The predicted octanol–water partition coefficient (Wildman–Crippen LogP) is 2.38. The Labute approximate surface area is 110 Å². The molecule has 0 aliphatic heterocycles. The van der Waals surface area contributed by atoms with Gasteiger partial charge in [-0.05, 0) is 37.5 Å². The Balaban J connectivity index is 1.82. The zero-order valence-corrected chi connectivity index (χ0v) is 11.5. The molecule has 0 unspecified atom stereocenters. The second-order valence-corrected chi connectivity index (χ2v) is 5.42. The van der Waals surface area contributed by atoms with E-state index in [1.54, 1.807) is 0 Å². The average molecular weight is 297 g/mol. The topological polar surface area (TPSA) is 41.1 Å². The van der Waals surface area contributed by atoms with Crippen LogP contribution in [0.2, 0.25) is 0 Å². The molecule has 92 valence electrons. The molecule has 1 aromatic rings. The zero-order valence-electron chi connectivity index (χ0n) is 9.87. The van der Waals surface area contributed by atoms with E-state index in [1.807, 2.05) is 31.2 Å². The quantitative estimate of drug-likeness (QED) is 0.876. The molecule has 4 heteroatoms. The van der Waals surface area contributed by atoms with Crippen LogP contribution in [-0.2, 0) is 4.79 Å². The molecule has 1 saturated carbocycles. The van der Waals surface area contributed by atoms with Gasteiger partial charge >= 0.3 is 0 Å². The number of hydrogen-bond acceptors (Lipinski definition) is 2. The molecule has 3 nitrogen and oxygen atoms in total. The normalized spacial score (nSPS) is 16.6. The lowest BCUT2D eigenvalue weighted by Gasteiger charge is -2.14. The van der Waals surface area contributed by atoms with Crippen molar-refractivity contribution in [2.75, 3.05) is 6.54 Å². The molecule has 0 saturated heterocycles. The molecule has 1 fully saturated rings. The molecule has 1 amide bonds. The van der Waals surface area contributed by atoms with Crippen LogP contribution >= 0.6 is 15.9 Å². The smallest absolute Gasteiger partial charge is 0.234 e. The summed E-state index contributed by atoms with van der Waals surface area (Å²) in [7, 11) is 0. The molecular weight excluding hydrogens is 280 g/mol. The van der Waals surface area contributed by atoms with Crippen molar-refractivity contribution in [2.24, 2.45) is 0 Å². The van der Waals surface area contributed by atoms with E-state index in [0.717, 1.165) is 10.0 Å². The van der Waals surface area contributed by atoms with Crippen molar-refractivity contribution in [1.82, 2.24) is 10.6 Å². The molecule has 0 heterocycles. The molecule has 0 spiro atoms. The number of halogens is 1. The molecule has 1 aliphatic carbocycles. The summed E-state index contributed by atoms with van der Waals surface area (Å²) in [5.74, 6) is 0.0596. The summed E-state index contributed by atoms with van der Waals surface area (Å²) in [4.78, 5) is 11.7. The van der Waals surface area contributed by atoms with Crippen molar-refractivity contribution < 1.29 is 4.79 Å². The molecule has 0 aromatic heterocycles. The monoisotopic (exact) mass is 296 g/mol. The first-order valence-corrected chi connectivity index (χ1v) is 6.72. The van der Waals surface area contributed by atoms with Gasteiger partial charge in [-0.1, -0.05) is 28.1 Å². The summed E-state index contributed by atoms with van der Waals surface area (Å²) in [6.07, 6.45) is 2.41. The zero-order chi connectivity index (χ0) is 12.3. The van der Waals surface area contributed by atoms with Crippen LogP contribution in [0.25, 0.3) is 0 Å². The number of carbonyl (C=O) groups is 1. The minimum Gasteiger partial charge on any atom is -0.348 e. The van der Waals surface area contributed by atoms with Gasteiger partial charge in [0.25, 0.3) is 0 Å². The van der Waals surface area contributed by atoms with Crippen LogP contribution in [0, 0.1) is 0 Å². The summed E-state index contributed by atoms with van der Waals surface area (Å²) >= 11 is 3.43. The maximum atomic E-state index is 11.7. The number of hydrogen-bond donors (Lipinski definition) is 2. The van der Waals surface area contributed by atoms with Crippen molar-refractivity contribution >= 4 is 21.8 Å². The molecule has 1 atom stereocenters. The highest BCUT2D eigenvalue weighted by atomic mass is 79.9. The Morgan fingerprint density at radius 1 is 1.53 bits per heavy atom. The second kappa shape index (κ2) is 5.65. The summed E-state index contributed by atoms with van der Waals surface area (Å²) in [5.41, 5.74) is 1.11. The highest BCUT2D eigenvalue weighted by Gasteiger charge is 2.21. The van der Waals surface area contributed by atoms with Crippen LogP contribution in [0.15, 0.2) is 28.7 Å². The fourth-order valence-corrected chi connectivity index (χ4v) is 2.09. The van der Waals surface area contributed by atoms with E-state index in [4.69, 9.17) is 0 Å². The summed E-state index contributed by atoms with van der Waals surface area (Å²) in [6, 6.07) is 8.61. The first-order chi connectivity index (χ1) is 8.15. The van der Waals surface area contributed by atoms with Gasteiger partial charge in [0.1, 0.15) is 0 Å². The van der Waals surface area contributed by atoms with E-state index < -0.39 is 0 Å². The number of benzene rings is 1. The maximum Gasteiger partial charge on any atom is 0.234 e. The van der Waals surface area contributed by atoms with Crippen molar-refractivity contribution in [3.05, 3.63) is 34.3 Å². The van der Waals surface area contributed by atoms with Gasteiger partial charge in [-0.25, -0.2) is 0 Å². The summed E-state index contributed by atoms with van der Waals surface area (Å²) in [5, 5.41) is 6.19. The minimum absolute atomic E-state index is 0.0426. The Morgan fingerprint density at radius 3 is 2.94 bits per heavy atom.